The Bertz CT molecular complexity index is 1290. The lowest BCUT2D eigenvalue weighted by Gasteiger charge is -2.22. The van der Waals surface area contributed by atoms with Gasteiger partial charge in [-0.05, 0) is 30.9 Å². The zero-order chi connectivity index (χ0) is 29.4. The molecule has 1 aromatic carbocycles. The number of aromatic amines is 1. The molecule has 15 heteroatoms. The molecule has 2 fully saturated rings. The number of esters is 1. The second kappa shape index (κ2) is 14.6. The number of hydrogen-bond donors (Lipinski definition) is 2. The molecule has 2 aliphatic rings. The first-order chi connectivity index (χ1) is 19.8. The number of halogens is 1. The third kappa shape index (κ3) is 7.95. The van der Waals surface area contributed by atoms with E-state index >= 15 is 0 Å². The van der Waals surface area contributed by atoms with Crippen LogP contribution in [-0.4, -0.2) is 84.1 Å². The minimum Gasteiger partial charge on any atom is -0.461 e. The molecule has 6 atom stereocenters. The van der Waals surface area contributed by atoms with Gasteiger partial charge in [0.25, 0.3) is 5.56 Å². The van der Waals surface area contributed by atoms with Gasteiger partial charge in [-0.2, -0.15) is 16.2 Å². The van der Waals surface area contributed by atoms with Crippen molar-refractivity contribution in [3.63, 3.8) is 0 Å². The molecule has 224 valence electrons. The normalized spacial score (nSPS) is 24.0. The van der Waals surface area contributed by atoms with Crippen LogP contribution >= 0.6 is 11.8 Å². The maximum Gasteiger partial charge on any atom is 0.408 e. The maximum absolute atomic E-state index is 14.0. The summed E-state index contributed by atoms with van der Waals surface area (Å²) in [5.41, 5.74) is -1.29. The van der Waals surface area contributed by atoms with Gasteiger partial charge in [0, 0.05) is 6.61 Å². The summed E-state index contributed by atoms with van der Waals surface area (Å²) in [6.45, 7) is 2.00. The first-order valence-corrected chi connectivity index (χ1v) is 14.4. The first kappa shape index (κ1) is 30.7. The lowest BCUT2D eigenvalue weighted by Crippen LogP contribution is -2.44. The van der Waals surface area contributed by atoms with Crippen LogP contribution in [0.15, 0.2) is 46.1 Å². The molecule has 1 unspecified atom stereocenters. The Morgan fingerprint density at radius 2 is 1.88 bits per heavy atom. The summed E-state index contributed by atoms with van der Waals surface area (Å²) < 4.78 is 48.7. The summed E-state index contributed by atoms with van der Waals surface area (Å²) in [6.07, 6.45) is -2.54. The highest BCUT2D eigenvalue weighted by molar-refractivity contribution is 7.98. The van der Waals surface area contributed by atoms with Gasteiger partial charge in [0.15, 0.2) is 12.5 Å². The zero-order valence-electron chi connectivity index (χ0n) is 22.5. The van der Waals surface area contributed by atoms with E-state index in [4.69, 9.17) is 28.4 Å². The molecular weight excluding hydrogens is 565 g/mol. The highest BCUT2D eigenvalue weighted by atomic mass is 32.2. The largest absolute Gasteiger partial charge is 0.461 e. The van der Waals surface area contributed by atoms with Gasteiger partial charge >= 0.3 is 17.8 Å². The lowest BCUT2D eigenvalue weighted by atomic mass is 10.1. The number of amides is 1. The Morgan fingerprint density at radius 3 is 2.61 bits per heavy atom. The molecule has 4 rings (SSSR count). The molecule has 0 bridgehead atoms. The number of ether oxygens (including phenoxy) is 6. The van der Waals surface area contributed by atoms with Crippen LogP contribution in [0.4, 0.5) is 9.18 Å². The Hall–Kier alpha value is -3.24. The Morgan fingerprint density at radius 1 is 1.12 bits per heavy atom. The molecule has 41 heavy (non-hydrogen) atoms. The fraction of sp³-hybridized carbons (Fsp3) is 0.538. The maximum atomic E-state index is 14.0. The lowest BCUT2D eigenvalue weighted by molar-refractivity contribution is -0.177. The van der Waals surface area contributed by atoms with Crippen molar-refractivity contribution in [1.29, 1.82) is 0 Å². The van der Waals surface area contributed by atoms with Gasteiger partial charge in [-0.15, -0.1) is 0 Å². The number of benzene rings is 1. The SMILES string of the molecule is CCOCC1O[C@@H]2[C@H](O1)[C@@H](COC(=O)[C@H](CCSC)NC(=O)OCc1ccccc1)O[C@H]2n1cc(F)c(=O)[nH]c1=O. The summed E-state index contributed by atoms with van der Waals surface area (Å²) in [7, 11) is 0. The fourth-order valence-corrected chi connectivity index (χ4v) is 4.83. The third-order valence-corrected chi connectivity index (χ3v) is 6.99. The topological polar surface area (TPSA) is 156 Å². The van der Waals surface area contributed by atoms with Crippen LogP contribution in [0.5, 0.6) is 0 Å². The van der Waals surface area contributed by atoms with Crippen LogP contribution in [-0.2, 0) is 39.8 Å². The first-order valence-electron chi connectivity index (χ1n) is 13.0. The number of rotatable bonds is 13. The van der Waals surface area contributed by atoms with Gasteiger partial charge in [0.2, 0.25) is 5.82 Å². The number of carbonyl (C=O) groups excluding carboxylic acids is 2. The van der Waals surface area contributed by atoms with E-state index < -0.39 is 66.0 Å². The fourth-order valence-electron chi connectivity index (χ4n) is 4.36. The average Bonchev–Trinajstić information content (AvgIpc) is 3.53. The van der Waals surface area contributed by atoms with Crippen LogP contribution in [0.25, 0.3) is 0 Å². The van der Waals surface area contributed by atoms with E-state index in [1.807, 2.05) is 29.4 Å². The monoisotopic (exact) mass is 597 g/mol. The predicted octanol–water partition coefficient (Wildman–Crippen LogP) is 1.31. The van der Waals surface area contributed by atoms with E-state index in [2.05, 4.69) is 5.32 Å². The van der Waals surface area contributed by atoms with E-state index in [0.29, 0.717) is 12.4 Å². The number of alkyl carbamates (subject to hydrolysis) is 1. The second-order valence-electron chi connectivity index (χ2n) is 9.17. The molecule has 1 aromatic heterocycles. The number of carbonyl (C=O) groups is 2. The van der Waals surface area contributed by atoms with Crippen LogP contribution in [0.2, 0.25) is 0 Å². The van der Waals surface area contributed by atoms with Gasteiger partial charge in [-0.3, -0.25) is 14.3 Å². The molecule has 2 aromatic rings. The molecule has 0 radical (unpaired) electrons. The van der Waals surface area contributed by atoms with Crippen LogP contribution in [0.3, 0.4) is 0 Å². The van der Waals surface area contributed by atoms with Crippen molar-refractivity contribution in [3.8, 4) is 0 Å². The summed E-state index contributed by atoms with van der Waals surface area (Å²) in [6, 6.07) is 8.09. The van der Waals surface area contributed by atoms with Crippen LogP contribution < -0.4 is 16.6 Å². The average molecular weight is 598 g/mol. The van der Waals surface area contributed by atoms with E-state index in [0.717, 1.165) is 16.3 Å². The Kier molecular flexibility index (Phi) is 10.9. The third-order valence-electron chi connectivity index (χ3n) is 6.35. The van der Waals surface area contributed by atoms with Crippen molar-refractivity contribution in [3.05, 3.63) is 68.7 Å². The molecule has 0 saturated carbocycles. The predicted molar refractivity (Wildman–Crippen MR) is 143 cm³/mol. The van der Waals surface area contributed by atoms with E-state index in [1.54, 1.807) is 19.1 Å². The highest BCUT2D eigenvalue weighted by Gasteiger charge is 2.54. The minimum absolute atomic E-state index is 0.0301. The smallest absolute Gasteiger partial charge is 0.408 e. The number of aromatic nitrogens is 2. The molecule has 2 aliphatic heterocycles. The van der Waals surface area contributed by atoms with Crippen molar-refractivity contribution in [2.75, 3.05) is 31.8 Å². The Balaban J connectivity index is 1.41. The van der Waals surface area contributed by atoms with Gasteiger partial charge < -0.3 is 33.7 Å². The van der Waals surface area contributed by atoms with E-state index in [1.165, 1.54) is 11.8 Å². The number of nitrogens with zero attached hydrogens (tertiary/aromatic N) is 1. The molecule has 13 nitrogen and oxygen atoms in total. The number of H-pyrrole nitrogens is 1. The van der Waals surface area contributed by atoms with Crippen molar-refractivity contribution in [2.45, 2.75) is 56.8 Å². The zero-order valence-corrected chi connectivity index (χ0v) is 23.3. The summed E-state index contributed by atoms with van der Waals surface area (Å²) in [5.74, 6) is -1.36. The molecule has 0 spiro atoms. The van der Waals surface area contributed by atoms with Crippen LogP contribution in [0.1, 0.15) is 25.1 Å². The van der Waals surface area contributed by atoms with Crippen LogP contribution in [0, 0.1) is 5.82 Å². The second-order valence-corrected chi connectivity index (χ2v) is 10.2. The number of thioether (sulfide) groups is 1. The summed E-state index contributed by atoms with van der Waals surface area (Å²) in [4.78, 5) is 51.2. The van der Waals surface area contributed by atoms with E-state index in [9.17, 15) is 23.6 Å². The highest BCUT2D eigenvalue weighted by Crippen LogP contribution is 2.39. The molecule has 0 aliphatic carbocycles. The number of hydrogen-bond acceptors (Lipinski definition) is 11. The molecular formula is C26H32FN3O10S. The minimum atomic E-state index is -1.19. The quantitative estimate of drug-likeness (QED) is 0.321. The molecule has 3 heterocycles. The van der Waals surface area contributed by atoms with Crippen molar-refractivity contribution < 1.29 is 42.4 Å². The van der Waals surface area contributed by atoms with Gasteiger partial charge in [-0.1, -0.05) is 30.3 Å². The summed E-state index contributed by atoms with van der Waals surface area (Å²) >= 11 is 1.49. The standard InChI is InChI=1S/C26H32FN3O10S/c1-3-35-14-19-39-20-18(38-23(21(20)40-19)30-11-16(27)22(31)29-25(30)33)13-36-24(32)17(9-10-41-2)28-26(34)37-12-15-7-5-4-6-8-15/h4-8,11,17-21,23H,3,9-10,12-14H2,1-2H3,(H,28,34)(H,29,31,33)/t17-,18+,19?,20+,21+,23+/m0/s1. The van der Waals surface area contributed by atoms with E-state index in [-0.39, 0.29) is 26.2 Å². The molecule has 2 N–H and O–H groups in total. The van der Waals surface area contributed by atoms with Gasteiger partial charge in [-0.25, -0.2) is 14.4 Å². The van der Waals surface area contributed by atoms with Crippen molar-refractivity contribution in [1.82, 2.24) is 14.9 Å². The van der Waals surface area contributed by atoms with Crippen molar-refractivity contribution in [2.24, 2.45) is 0 Å². The molecule has 1 amide bonds. The molecule has 2 saturated heterocycles. The van der Waals surface area contributed by atoms with Gasteiger partial charge in [0.05, 0.1) is 12.8 Å². The number of fused-ring (bicyclic) bond motifs is 1. The van der Waals surface area contributed by atoms with Crippen molar-refractivity contribution >= 4 is 23.8 Å². The Labute approximate surface area is 238 Å². The number of nitrogens with one attached hydrogen (secondary N) is 2. The summed E-state index contributed by atoms with van der Waals surface area (Å²) in [5, 5.41) is 2.54. The van der Waals surface area contributed by atoms with Gasteiger partial charge in [0.1, 0.15) is 37.6 Å².